The van der Waals surface area contributed by atoms with E-state index >= 15 is 0 Å². The van der Waals surface area contributed by atoms with E-state index in [9.17, 15) is 4.39 Å². The van der Waals surface area contributed by atoms with Gasteiger partial charge in [0.15, 0.2) is 0 Å². The average Bonchev–Trinajstić information content (AvgIpc) is 3.21. The van der Waals surface area contributed by atoms with Gasteiger partial charge in [0.2, 0.25) is 0 Å². The van der Waals surface area contributed by atoms with E-state index in [0.717, 1.165) is 50.1 Å². The van der Waals surface area contributed by atoms with E-state index in [4.69, 9.17) is 14.9 Å². The van der Waals surface area contributed by atoms with Crippen LogP contribution in [-0.2, 0) is 6.54 Å². The smallest absolute Gasteiger partial charge is 0.136 e. The Morgan fingerprint density at radius 1 is 1.19 bits per heavy atom. The van der Waals surface area contributed by atoms with Crippen LogP contribution >= 0.6 is 0 Å². The first-order chi connectivity index (χ1) is 15.2. The lowest BCUT2D eigenvalue weighted by Crippen LogP contribution is -2.35. The van der Waals surface area contributed by atoms with Gasteiger partial charge in [-0.05, 0) is 62.4 Å². The Hall–Kier alpha value is -2.70. The van der Waals surface area contributed by atoms with Gasteiger partial charge < -0.3 is 9.84 Å². The standard InChI is InChI=1S/C25H30FN3O2/c1-31-22-11-12-23(24(26)15-22)25-20(18-29(27-25)21-9-3-2-4-10-21)17-28-13-5-7-19(16-28)8-6-14-30/h2-4,9-12,15,18-19,30H,5-8,13-14,16-17H2,1H3. The third kappa shape index (κ3) is 5.14. The minimum Gasteiger partial charge on any atom is -0.497 e. The third-order valence-corrected chi connectivity index (χ3v) is 6.01. The number of hydrogen-bond donors (Lipinski definition) is 1. The summed E-state index contributed by atoms with van der Waals surface area (Å²) < 4.78 is 21.9. The Morgan fingerprint density at radius 2 is 2.03 bits per heavy atom. The lowest BCUT2D eigenvalue weighted by molar-refractivity contribution is 0.153. The normalized spacial score (nSPS) is 17.1. The highest BCUT2D eigenvalue weighted by atomic mass is 19.1. The van der Waals surface area contributed by atoms with Gasteiger partial charge in [0.1, 0.15) is 17.3 Å². The van der Waals surface area contributed by atoms with Crippen LogP contribution in [0.5, 0.6) is 5.75 Å². The van der Waals surface area contributed by atoms with Gasteiger partial charge in [-0.2, -0.15) is 5.10 Å². The number of para-hydroxylation sites is 1. The average molecular weight is 424 g/mol. The van der Waals surface area contributed by atoms with E-state index < -0.39 is 0 Å². The molecule has 1 aromatic heterocycles. The van der Waals surface area contributed by atoms with Gasteiger partial charge in [-0.3, -0.25) is 4.90 Å². The molecule has 1 aliphatic heterocycles. The SMILES string of the molecule is COc1ccc(-c2nn(-c3ccccc3)cc2CN2CCCC(CCCO)C2)c(F)c1. The first kappa shape index (κ1) is 21.5. The van der Waals surface area contributed by atoms with E-state index in [0.29, 0.717) is 22.9 Å². The quantitative estimate of drug-likeness (QED) is 0.572. The van der Waals surface area contributed by atoms with Crippen LogP contribution in [0.25, 0.3) is 16.9 Å². The molecule has 2 aromatic carbocycles. The fourth-order valence-electron chi connectivity index (χ4n) is 4.43. The summed E-state index contributed by atoms with van der Waals surface area (Å²) in [5.74, 6) is 0.762. The van der Waals surface area contributed by atoms with E-state index in [1.54, 1.807) is 12.1 Å². The summed E-state index contributed by atoms with van der Waals surface area (Å²) in [7, 11) is 1.54. The van der Waals surface area contributed by atoms with Crippen molar-refractivity contribution < 1.29 is 14.2 Å². The maximum Gasteiger partial charge on any atom is 0.136 e. The molecule has 1 fully saturated rings. The number of benzene rings is 2. The molecule has 0 saturated carbocycles. The molecule has 0 bridgehead atoms. The summed E-state index contributed by atoms with van der Waals surface area (Å²) in [6, 6.07) is 14.8. The predicted molar refractivity (Wildman–Crippen MR) is 120 cm³/mol. The lowest BCUT2D eigenvalue weighted by atomic mass is 9.93. The summed E-state index contributed by atoms with van der Waals surface area (Å²) in [6.45, 7) is 3.00. The number of aliphatic hydroxyl groups is 1. The Morgan fingerprint density at radius 3 is 2.77 bits per heavy atom. The molecule has 3 aromatic rings. The van der Waals surface area contributed by atoms with Crippen LogP contribution < -0.4 is 4.74 Å². The summed E-state index contributed by atoms with van der Waals surface area (Å²) in [5, 5.41) is 13.9. The lowest BCUT2D eigenvalue weighted by Gasteiger charge is -2.32. The van der Waals surface area contributed by atoms with Gasteiger partial charge in [0, 0.05) is 43.1 Å². The molecular weight excluding hydrogens is 393 g/mol. The molecule has 164 valence electrons. The van der Waals surface area contributed by atoms with Gasteiger partial charge in [0.05, 0.1) is 12.8 Å². The van der Waals surface area contributed by atoms with Crippen LogP contribution in [0.3, 0.4) is 0 Å². The zero-order valence-corrected chi connectivity index (χ0v) is 18.0. The molecule has 1 saturated heterocycles. The Balaban J connectivity index is 1.65. The van der Waals surface area contributed by atoms with Gasteiger partial charge in [-0.25, -0.2) is 9.07 Å². The summed E-state index contributed by atoms with van der Waals surface area (Å²) in [4.78, 5) is 2.43. The number of likely N-dealkylation sites (tertiary alicyclic amines) is 1. The molecule has 1 aliphatic rings. The highest BCUT2D eigenvalue weighted by molar-refractivity contribution is 5.65. The van der Waals surface area contributed by atoms with E-state index in [-0.39, 0.29) is 12.4 Å². The van der Waals surface area contributed by atoms with Crippen LogP contribution in [0.2, 0.25) is 0 Å². The van der Waals surface area contributed by atoms with Crippen molar-refractivity contribution in [2.45, 2.75) is 32.2 Å². The van der Waals surface area contributed by atoms with Crippen LogP contribution in [0, 0.1) is 11.7 Å². The molecule has 31 heavy (non-hydrogen) atoms. The molecule has 2 heterocycles. The number of hydrogen-bond acceptors (Lipinski definition) is 4. The molecule has 1 N–H and O–H groups in total. The molecule has 0 spiro atoms. The third-order valence-electron chi connectivity index (χ3n) is 6.01. The first-order valence-electron chi connectivity index (χ1n) is 11.0. The van der Waals surface area contributed by atoms with Crippen molar-refractivity contribution >= 4 is 0 Å². The Labute approximate surface area is 183 Å². The number of halogens is 1. The molecule has 1 atom stereocenters. The van der Waals surface area contributed by atoms with Gasteiger partial charge in [-0.15, -0.1) is 0 Å². The topological polar surface area (TPSA) is 50.5 Å². The summed E-state index contributed by atoms with van der Waals surface area (Å²) in [5.41, 5.74) is 3.11. The van der Waals surface area contributed by atoms with Crippen LogP contribution in [0.1, 0.15) is 31.2 Å². The fraction of sp³-hybridized carbons (Fsp3) is 0.400. The van der Waals surface area contributed by atoms with E-state index in [2.05, 4.69) is 4.90 Å². The number of aliphatic hydroxyl groups excluding tert-OH is 1. The van der Waals surface area contributed by atoms with Crippen molar-refractivity contribution in [2.24, 2.45) is 5.92 Å². The Kier molecular flexibility index (Phi) is 6.99. The van der Waals surface area contributed by atoms with Gasteiger partial charge >= 0.3 is 0 Å². The number of piperidine rings is 1. The Bertz CT molecular complexity index is 990. The monoisotopic (exact) mass is 423 g/mol. The van der Waals surface area contributed by atoms with Crippen LogP contribution in [0.4, 0.5) is 4.39 Å². The fourth-order valence-corrected chi connectivity index (χ4v) is 4.43. The van der Waals surface area contributed by atoms with Crippen LogP contribution in [0.15, 0.2) is 54.7 Å². The number of nitrogens with zero attached hydrogens (tertiary/aromatic N) is 3. The zero-order valence-electron chi connectivity index (χ0n) is 18.0. The first-order valence-corrected chi connectivity index (χ1v) is 11.0. The molecule has 1 unspecified atom stereocenters. The zero-order chi connectivity index (χ0) is 21.6. The van der Waals surface area contributed by atoms with Crippen LogP contribution in [-0.4, -0.2) is 46.6 Å². The maximum atomic E-state index is 14.9. The summed E-state index contributed by atoms with van der Waals surface area (Å²) in [6.07, 6.45) is 6.28. The van der Waals surface area contributed by atoms with Gasteiger partial charge in [-0.1, -0.05) is 18.2 Å². The number of ether oxygens (including phenoxy) is 1. The van der Waals surface area contributed by atoms with Crippen molar-refractivity contribution in [3.8, 4) is 22.7 Å². The van der Waals surface area contributed by atoms with Crippen molar-refractivity contribution in [1.29, 1.82) is 0 Å². The number of aromatic nitrogens is 2. The molecule has 0 amide bonds. The molecular formula is C25H30FN3O2. The highest BCUT2D eigenvalue weighted by Crippen LogP contribution is 2.31. The van der Waals surface area contributed by atoms with Crippen molar-refractivity contribution in [3.63, 3.8) is 0 Å². The number of methoxy groups -OCH3 is 1. The largest absolute Gasteiger partial charge is 0.497 e. The predicted octanol–water partition coefficient (Wildman–Crippen LogP) is 4.67. The second kappa shape index (κ2) is 10.1. The van der Waals surface area contributed by atoms with E-state index in [1.807, 2.05) is 41.2 Å². The molecule has 4 rings (SSSR count). The van der Waals surface area contributed by atoms with Crippen molar-refractivity contribution in [3.05, 3.63) is 66.1 Å². The molecule has 6 heteroatoms. The minimum absolute atomic E-state index is 0.251. The molecule has 0 radical (unpaired) electrons. The highest BCUT2D eigenvalue weighted by Gasteiger charge is 2.23. The molecule has 0 aliphatic carbocycles. The maximum absolute atomic E-state index is 14.9. The van der Waals surface area contributed by atoms with E-state index in [1.165, 1.54) is 19.6 Å². The second-order valence-electron chi connectivity index (χ2n) is 8.24. The molecule has 5 nitrogen and oxygen atoms in total. The summed E-state index contributed by atoms with van der Waals surface area (Å²) >= 11 is 0. The van der Waals surface area contributed by atoms with Gasteiger partial charge in [0.25, 0.3) is 0 Å². The minimum atomic E-state index is -0.335. The second-order valence-corrected chi connectivity index (χ2v) is 8.24. The van der Waals surface area contributed by atoms with Crippen molar-refractivity contribution in [2.75, 3.05) is 26.8 Å². The van der Waals surface area contributed by atoms with Crippen molar-refractivity contribution in [1.82, 2.24) is 14.7 Å². The number of rotatable bonds is 8.